The maximum absolute atomic E-state index is 14.8. The topological polar surface area (TPSA) is 125 Å². The highest BCUT2D eigenvalue weighted by Gasteiger charge is 2.46. The first-order chi connectivity index (χ1) is 16.5. The third-order valence-corrected chi connectivity index (χ3v) is 6.28. The molecule has 0 spiro atoms. The lowest BCUT2D eigenvalue weighted by atomic mass is 9.96. The van der Waals surface area contributed by atoms with Gasteiger partial charge in [-0.3, -0.25) is 9.89 Å². The fraction of sp³-hybridized carbons (Fsp3) is 0.217. The Labute approximate surface area is 192 Å². The van der Waals surface area contributed by atoms with Crippen LogP contribution in [0.3, 0.4) is 0 Å². The van der Waals surface area contributed by atoms with Gasteiger partial charge in [-0.15, -0.1) is 0 Å². The lowest BCUT2D eigenvalue weighted by Gasteiger charge is -2.30. The first-order valence-electron chi connectivity index (χ1n) is 10.6. The number of furan rings is 1. The van der Waals surface area contributed by atoms with Crippen LogP contribution in [0.4, 0.5) is 9.18 Å². The summed E-state index contributed by atoms with van der Waals surface area (Å²) in [7, 11) is 1.35. The van der Waals surface area contributed by atoms with E-state index in [-0.39, 0.29) is 37.0 Å². The summed E-state index contributed by atoms with van der Waals surface area (Å²) in [6.45, 7) is 0.470. The molecular formula is C23H19FN6O4. The second-order valence-electron chi connectivity index (χ2n) is 8.34. The highest BCUT2D eigenvalue weighted by atomic mass is 19.1. The zero-order valence-corrected chi connectivity index (χ0v) is 18.0. The molecule has 4 aromatic rings. The maximum atomic E-state index is 14.8. The number of benzene rings is 1. The van der Waals surface area contributed by atoms with Gasteiger partial charge in [0.05, 0.1) is 37.7 Å². The molecule has 3 aromatic heterocycles. The standard InChI is InChI=1S/C23H19FN6O4/c1-33-17-4-2-12-9-30(21(31)19(12)20(17)24)11-23(10-25-22(32)29-23)18-6-15-16(34-18)5-3-14(28-15)13-7-26-27-8-13/h2-8H,9-11H2,1H3,(H,26,27)(H2,25,29,32). The molecule has 1 aromatic carbocycles. The molecule has 2 aliphatic rings. The predicted molar refractivity (Wildman–Crippen MR) is 117 cm³/mol. The van der Waals surface area contributed by atoms with Crippen LogP contribution in [0.2, 0.25) is 0 Å². The highest BCUT2D eigenvalue weighted by molar-refractivity contribution is 5.99. The largest absolute Gasteiger partial charge is 0.494 e. The van der Waals surface area contributed by atoms with Gasteiger partial charge in [0, 0.05) is 24.4 Å². The van der Waals surface area contributed by atoms with E-state index in [1.807, 2.05) is 6.07 Å². The normalized spacial score (nSPS) is 19.4. The van der Waals surface area contributed by atoms with E-state index in [0.29, 0.717) is 28.1 Å². The lowest BCUT2D eigenvalue weighted by molar-refractivity contribution is 0.0718. The summed E-state index contributed by atoms with van der Waals surface area (Å²) < 4.78 is 25.9. The van der Waals surface area contributed by atoms with E-state index in [1.54, 1.807) is 30.6 Å². The van der Waals surface area contributed by atoms with Gasteiger partial charge >= 0.3 is 6.03 Å². The quantitative estimate of drug-likeness (QED) is 0.419. The Morgan fingerprint density at radius 1 is 1.26 bits per heavy atom. The van der Waals surface area contributed by atoms with E-state index in [9.17, 15) is 14.0 Å². The number of aromatic amines is 1. The molecule has 0 radical (unpaired) electrons. The van der Waals surface area contributed by atoms with Crippen LogP contribution in [0, 0.1) is 5.82 Å². The van der Waals surface area contributed by atoms with Crippen molar-refractivity contribution in [2.45, 2.75) is 12.1 Å². The number of amides is 3. The highest BCUT2D eigenvalue weighted by Crippen LogP contribution is 2.36. The average molecular weight is 462 g/mol. The average Bonchev–Trinajstić information content (AvgIpc) is 3.61. The van der Waals surface area contributed by atoms with E-state index >= 15 is 0 Å². The minimum atomic E-state index is -1.05. The van der Waals surface area contributed by atoms with Crippen molar-refractivity contribution in [1.29, 1.82) is 0 Å². The van der Waals surface area contributed by atoms with Gasteiger partial charge in [0.1, 0.15) is 16.8 Å². The Morgan fingerprint density at radius 2 is 2.15 bits per heavy atom. The van der Waals surface area contributed by atoms with Crippen LogP contribution in [0.25, 0.3) is 22.4 Å². The number of methoxy groups -OCH3 is 1. The number of rotatable bonds is 5. The second-order valence-corrected chi connectivity index (χ2v) is 8.34. The summed E-state index contributed by atoms with van der Waals surface area (Å²) in [5.41, 5.74) is 2.18. The molecule has 0 bridgehead atoms. The van der Waals surface area contributed by atoms with E-state index < -0.39 is 17.3 Å². The van der Waals surface area contributed by atoms with E-state index in [1.165, 1.54) is 18.1 Å². The minimum absolute atomic E-state index is 0.0104. The van der Waals surface area contributed by atoms with Gasteiger partial charge < -0.3 is 24.7 Å². The summed E-state index contributed by atoms with van der Waals surface area (Å²) in [6, 6.07) is 8.16. The Kier molecular flexibility index (Phi) is 4.34. The zero-order valence-electron chi connectivity index (χ0n) is 18.0. The molecule has 1 unspecified atom stereocenters. The molecule has 10 nitrogen and oxygen atoms in total. The molecule has 1 atom stereocenters. The molecule has 0 saturated carbocycles. The van der Waals surface area contributed by atoms with Crippen LogP contribution in [0.15, 0.2) is 47.1 Å². The number of nitrogens with one attached hydrogen (secondary N) is 3. The van der Waals surface area contributed by atoms with Gasteiger partial charge in [0.15, 0.2) is 17.1 Å². The van der Waals surface area contributed by atoms with Crippen LogP contribution >= 0.6 is 0 Å². The summed E-state index contributed by atoms with van der Waals surface area (Å²) in [5, 5.41) is 12.4. The van der Waals surface area contributed by atoms with E-state index in [0.717, 1.165) is 5.56 Å². The van der Waals surface area contributed by atoms with Crippen LogP contribution in [-0.2, 0) is 12.1 Å². The summed E-state index contributed by atoms with van der Waals surface area (Å²) in [5.74, 6) is -0.700. The Bertz CT molecular complexity index is 1450. The van der Waals surface area contributed by atoms with Gasteiger partial charge in [0.2, 0.25) is 0 Å². The molecule has 2 aliphatic heterocycles. The number of carbonyl (C=O) groups excluding carboxylic acids is 2. The van der Waals surface area contributed by atoms with Crippen molar-refractivity contribution in [3.8, 4) is 17.0 Å². The number of aromatic nitrogens is 3. The van der Waals surface area contributed by atoms with Gasteiger partial charge in [0.25, 0.3) is 5.91 Å². The number of urea groups is 1. The third-order valence-electron chi connectivity index (χ3n) is 6.28. The molecule has 172 valence electrons. The number of fused-ring (bicyclic) bond motifs is 2. The van der Waals surface area contributed by atoms with Crippen molar-refractivity contribution < 1.29 is 23.1 Å². The third kappa shape index (κ3) is 3.00. The van der Waals surface area contributed by atoms with Crippen molar-refractivity contribution in [2.24, 2.45) is 0 Å². The molecule has 3 N–H and O–H groups in total. The predicted octanol–water partition coefficient (Wildman–Crippen LogP) is 2.53. The Morgan fingerprint density at radius 3 is 2.88 bits per heavy atom. The number of pyridine rings is 1. The molecule has 1 saturated heterocycles. The van der Waals surface area contributed by atoms with Gasteiger partial charge in [-0.2, -0.15) is 5.10 Å². The molecule has 6 rings (SSSR count). The van der Waals surface area contributed by atoms with Crippen molar-refractivity contribution in [2.75, 3.05) is 20.2 Å². The smallest absolute Gasteiger partial charge is 0.315 e. The van der Waals surface area contributed by atoms with Crippen molar-refractivity contribution in [3.63, 3.8) is 0 Å². The number of carbonyl (C=O) groups is 2. The van der Waals surface area contributed by atoms with Crippen LogP contribution < -0.4 is 15.4 Å². The number of H-pyrrole nitrogens is 1. The Balaban J connectivity index is 1.36. The van der Waals surface area contributed by atoms with Crippen LogP contribution in [0.5, 0.6) is 5.75 Å². The zero-order chi connectivity index (χ0) is 23.4. The molecule has 3 amide bonds. The van der Waals surface area contributed by atoms with Crippen LogP contribution in [0.1, 0.15) is 21.7 Å². The minimum Gasteiger partial charge on any atom is -0.494 e. The number of nitrogens with zero attached hydrogens (tertiary/aromatic N) is 3. The van der Waals surface area contributed by atoms with Gasteiger partial charge in [-0.25, -0.2) is 14.2 Å². The summed E-state index contributed by atoms with van der Waals surface area (Å²) in [6.07, 6.45) is 3.41. The number of hydrogen-bond donors (Lipinski definition) is 3. The van der Waals surface area contributed by atoms with Crippen molar-refractivity contribution in [3.05, 3.63) is 65.4 Å². The summed E-state index contributed by atoms with van der Waals surface area (Å²) >= 11 is 0. The van der Waals surface area contributed by atoms with E-state index in [2.05, 4.69) is 25.8 Å². The Hall–Kier alpha value is -4.41. The number of hydrogen-bond acceptors (Lipinski definition) is 6. The lowest BCUT2D eigenvalue weighted by Crippen LogP contribution is -2.50. The fourth-order valence-electron chi connectivity index (χ4n) is 4.58. The first kappa shape index (κ1) is 20.2. The molecule has 1 fully saturated rings. The number of halogens is 1. The van der Waals surface area contributed by atoms with Crippen molar-refractivity contribution >= 4 is 23.0 Å². The fourth-order valence-corrected chi connectivity index (χ4v) is 4.58. The van der Waals surface area contributed by atoms with Crippen molar-refractivity contribution in [1.82, 2.24) is 30.7 Å². The SMILES string of the molecule is COc1ccc2c(c1F)C(=O)N(CC1(c3cc4nc(-c5cn[nH]c5)ccc4o3)CNC(=O)N1)C2. The monoisotopic (exact) mass is 462 g/mol. The second kappa shape index (κ2) is 7.30. The molecule has 0 aliphatic carbocycles. The van der Waals surface area contributed by atoms with Gasteiger partial charge in [-0.05, 0) is 23.8 Å². The molecule has 34 heavy (non-hydrogen) atoms. The molecular weight excluding hydrogens is 443 g/mol. The molecule has 5 heterocycles. The maximum Gasteiger partial charge on any atom is 0.315 e. The van der Waals surface area contributed by atoms with Gasteiger partial charge in [-0.1, -0.05) is 6.07 Å². The van der Waals surface area contributed by atoms with E-state index in [4.69, 9.17) is 9.15 Å². The summed E-state index contributed by atoms with van der Waals surface area (Å²) in [4.78, 5) is 31.5. The number of ether oxygens (including phenoxy) is 1. The van der Waals surface area contributed by atoms with Crippen LogP contribution in [-0.4, -0.2) is 52.2 Å². The molecule has 11 heteroatoms. The first-order valence-corrected chi connectivity index (χ1v) is 10.6.